The Hall–Kier alpha value is -3.40. The molecule has 1 aliphatic carbocycles. The van der Waals surface area contributed by atoms with E-state index in [-0.39, 0.29) is 5.78 Å². The van der Waals surface area contributed by atoms with Gasteiger partial charge < -0.3 is 10.1 Å². The summed E-state index contributed by atoms with van der Waals surface area (Å²) in [6.45, 7) is 0. The number of ether oxygens (including phenoxy) is 1. The van der Waals surface area contributed by atoms with Gasteiger partial charge in [-0.3, -0.25) is 4.79 Å². The Morgan fingerprint density at radius 1 is 1.35 bits per heavy atom. The first-order chi connectivity index (χ1) is 12.6. The van der Waals surface area contributed by atoms with E-state index in [9.17, 15) is 14.9 Å². The van der Waals surface area contributed by atoms with Crippen molar-refractivity contribution in [2.45, 2.75) is 25.3 Å². The van der Waals surface area contributed by atoms with Crippen molar-refractivity contribution >= 4 is 17.6 Å². The summed E-state index contributed by atoms with van der Waals surface area (Å²) in [7, 11) is 1.33. The third-order valence-electron chi connectivity index (χ3n) is 4.81. The maximum Gasteiger partial charge on any atom is 0.337 e. The lowest BCUT2D eigenvalue weighted by Crippen LogP contribution is -2.31. The van der Waals surface area contributed by atoms with Gasteiger partial charge in [0.1, 0.15) is 23.5 Å². The van der Waals surface area contributed by atoms with Crippen LogP contribution in [0.4, 0.5) is 5.82 Å². The van der Waals surface area contributed by atoms with E-state index < -0.39 is 12.0 Å². The molecular formula is C19H16N4O3. The quantitative estimate of drug-likeness (QED) is 0.838. The van der Waals surface area contributed by atoms with Gasteiger partial charge in [-0.25, -0.2) is 9.48 Å². The van der Waals surface area contributed by atoms with Crippen molar-refractivity contribution in [1.29, 1.82) is 5.26 Å². The molecule has 26 heavy (non-hydrogen) atoms. The molecule has 7 nitrogen and oxygen atoms in total. The highest BCUT2D eigenvalue weighted by atomic mass is 16.5. The van der Waals surface area contributed by atoms with Crippen molar-refractivity contribution in [3.63, 3.8) is 0 Å². The summed E-state index contributed by atoms with van der Waals surface area (Å²) in [6, 6.07) is 8.66. The smallest absolute Gasteiger partial charge is 0.337 e. The number of fused-ring (bicyclic) bond motifs is 1. The number of nitriles is 1. The van der Waals surface area contributed by atoms with Crippen molar-refractivity contribution in [2.75, 3.05) is 12.4 Å². The molecule has 0 amide bonds. The first-order valence-electron chi connectivity index (χ1n) is 8.33. The van der Waals surface area contributed by atoms with Crippen LogP contribution in [0.1, 0.15) is 46.8 Å². The van der Waals surface area contributed by atoms with Crippen molar-refractivity contribution in [1.82, 2.24) is 9.78 Å². The molecule has 1 aliphatic heterocycles. The van der Waals surface area contributed by atoms with E-state index in [1.54, 1.807) is 28.9 Å². The number of benzene rings is 1. The van der Waals surface area contributed by atoms with Gasteiger partial charge in [-0.2, -0.15) is 10.4 Å². The molecule has 2 heterocycles. The molecule has 0 saturated carbocycles. The molecule has 0 unspecified atom stereocenters. The number of rotatable bonds is 2. The van der Waals surface area contributed by atoms with Gasteiger partial charge in [-0.1, -0.05) is 12.1 Å². The summed E-state index contributed by atoms with van der Waals surface area (Å²) in [4.78, 5) is 24.3. The van der Waals surface area contributed by atoms with Crippen LogP contribution in [0.25, 0.3) is 0 Å². The van der Waals surface area contributed by atoms with Crippen LogP contribution < -0.4 is 5.32 Å². The number of nitrogens with zero attached hydrogens (tertiary/aromatic N) is 3. The number of methoxy groups -OCH3 is 1. The lowest BCUT2D eigenvalue weighted by molar-refractivity contribution is -0.116. The SMILES string of the molecule is COC(=O)c1ccc([C@H]2C3=C(CCCC3=O)Nc3c(C#N)cnn32)cc1. The Labute approximate surface area is 149 Å². The lowest BCUT2D eigenvalue weighted by atomic mass is 9.85. The number of allylic oxidation sites excluding steroid dienone is 2. The Balaban J connectivity index is 1.85. The number of esters is 1. The molecule has 0 bridgehead atoms. The summed E-state index contributed by atoms with van der Waals surface area (Å²) in [6.07, 6.45) is 3.54. The number of nitrogens with one attached hydrogen (secondary N) is 1. The minimum Gasteiger partial charge on any atom is -0.465 e. The zero-order valence-corrected chi connectivity index (χ0v) is 14.2. The summed E-state index contributed by atoms with van der Waals surface area (Å²) in [5, 5.41) is 16.9. The van der Waals surface area contributed by atoms with Crippen LogP contribution in [0.3, 0.4) is 0 Å². The monoisotopic (exact) mass is 348 g/mol. The van der Waals surface area contributed by atoms with Crippen molar-refractivity contribution in [3.8, 4) is 6.07 Å². The molecule has 130 valence electrons. The minimum absolute atomic E-state index is 0.0838. The van der Waals surface area contributed by atoms with Gasteiger partial charge >= 0.3 is 5.97 Å². The second-order valence-electron chi connectivity index (χ2n) is 6.27. The van der Waals surface area contributed by atoms with Crippen molar-refractivity contribution in [2.24, 2.45) is 0 Å². The third kappa shape index (κ3) is 2.39. The first kappa shape index (κ1) is 16.1. The van der Waals surface area contributed by atoms with Gasteiger partial charge in [0.05, 0.1) is 18.9 Å². The molecule has 2 aromatic rings. The molecule has 1 aromatic carbocycles. The number of hydrogen-bond acceptors (Lipinski definition) is 6. The van der Waals surface area contributed by atoms with Gasteiger partial charge in [0, 0.05) is 17.7 Å². The number of aromatic nitrogens is 2. The van der Waals surface area contributed by atoms with E-state index in [0.717, 1.165) is 24.1 Å². The van der Waals surface area contributed by atoms with E-state index in [4.69, 9.17) is 4.74 Å². The molecular weight excluding hydrogens is 332 g/mol. The lowest BCUT2D eigenvalue weighted by Gasteiger charge is -2.33. The molecule has 0 radical (unpaired) electrons. The zero-order chi connectivity index (χ0) is 18.3. The van der Waals surface area contributed by atoms with E-state index in [1.165, 1.54) is 13.3 Å². The molecule has 0 spiro atoms. The van der Waals surface area contributed by atoms with Gasteiger partial charge in [0.25, 0.3) is 0 Å². The van der Waals surface area contributed by atoms with Crippen molar-refractivity contribution in [3.05, 3.63) is 58.4 Å². The summed E-state index contributed by atoms with van der Waals surface area (Å²) in [5.41, 5.74) is 3.24. The molecule has 1 atom stereocenters. The highest BCUT2D eigenvalue weighted by Crippen LogP contribution is 2.41. The third-order valence-corrected chi connectivity index (χ3v) is 4.81. The second-order valence-corrected chi connectivity index (χ2v) is 6.27. The fraction of sp³-hybridized carbons (Fsp3) is 0.263. The van der Waals surface area contributed by atoms with Crippen molar-refractivity contribution < 1.29 is 14.3 Å². The largest absolute Gasteiger partial charge is 0.465 e. The molecule has 1 aromatic heterocycles. The second kappa shape index (κ2) is 6.15. The van der Waals surface area contributed by atoms with Crippen LogP contribution in [-0.4, -0.2) is 28.6 Å². The van der Waals surface area contributed by atoms with Crippen LogP contribution in [0.15, 0.2) is 41.7 Å². The average Bonchev–Trinajstić information content (AvgIpc) is 3.08. The maximum atomic E-state index is 12.6. The predicted molar refractivity (Wildman–Crippen MR) is 92.4 cm³/mol. The number of hydrogen-bond donors (Lipinski definition) is 1. The number of carbonyl (C=O) groups excluding carboxylic acids is 2. The standard InChI is InChI=1S/C19H16N4O3/c1-26-19(25)12-7-5-11(6-8-12)17-16-14(3-2-4-15(16)24)22-18-13(9-20)10-21-23(17)18/h5-8,10,17,22H,2-4H2,1H3/t17-/m0/s1. The molecule has 2 aliphatic rings. The Bertz CT molecular complexity index is 979. The molecule has 4 rings (SSSR count). The van der Waals surface area contributed by atoms with Gasteiger partial charge in [-0.15, -0.1) is 0 Å². The number of carbonyl (C=O) groups is 2. The molecule has 0 saturated heterocycles. The number of Topliss-reactive ketones (excluding diaryl/α,β-unsaturated/α-hetero) is 1. The number of ketones is 1. The fourth-order valence-corrected chi connectivity index (χ4v) is 3.57. The molecule has 7 heteroatoms. The van der Waals surface area contributed by atoms with Gasteiger partial charge in [0.15, 0.2) is 5.78 Å². The summed E-state index contributed by atoms with van der Waals surface area (Å²) >= 11 is 0. The van der Waals surface area contributed by atoms with E-state index in [1.807, 2.05) is 0 Å². The molecule has 1 N–H and O–H groups in total. The van der Waals surface area contributed by atoms with Crippen LogP contribution in [0, 0.1) is 11.3 Å². The van der Waals surface area contributed by atoms with E-state index in [0.29, 0.717) is 28.9 Å². The van der Waals surface area contributed by atoms with E-state index in [2.05, 4.69) is 16.5 Å². The van der Waals surface area contributed by atoms with Crippen LogP contribution in [0.5, 0.6) is 0 Å². The average molecular weight is 348 g/mol. The highest BCUT2D eigenvalue weighted by molar-refractivity contribution is 5.99. The van der Waals surface area contributed by atoms with Gasteiger partial charge in [-0.05, 0) is 30.5 Å². The highest BCUT2D eigenvalue weighted by Gasteiger charge is 2.36. The normalized spacial score (nSPS) is 18.5. The zero-order valence-electron chi connectivity index (χ0n) is 14.2. The minimum atomic E-state index is -0.415. The topological polar surface area (TPSA) is 97.0 Å². The summed E-state index contributed by atoms with van der Waals surface area (Å²) in [5.74, 6) is 0.269. The maximum absolute atomic E-state index is 12.6. The fourth-order valence-electron chi connectivity index (χ4n) is 3.57. The predicted octanol–water partition coefficient (Wildman–Crippen LogP) is 2.56. The van der Waals surface area contributed by atoms with Gasteiger partial charge in [0.2, 0.25) is 0 Å². The Morgan fingerprint density at radius 2 is 2.12 bits per heavy atom. The molecule has 0 fully saturated rings. The first-order valence-corrected chi connectivity index (χ1v) is 8.33. The summed E-state index contributed by atoms with van der Waals surface area (Å²) < 4.78 is 6.41. The van der Waals surface area contributed by atoms with Crippen LogP contribution >= 0.6 is 0 Å². The Morgan fingerprint density at radius 3 is 2.81 bits per heavy atom. The number of anilines is 1. The van der Waals surface area contributed by atoms with Crippen LogP contribution in [0.2, 0.25) is 0 Å². The Kier molecular flexibility index (Phi) is 3.81. The van der Waals surface area contributed by atoms with E-state index >= 15 is 0 Å². The van der Waals surface area contributed by atoms with Crippen LogP contribution in [-0.2, 0) is 9.53 Å².